The molecule has 0 unspecified atom stereocenters. The molecule has 0 aliphatic heterocycles. The van der Waals surface area contributed by atoms with Gasteiger partial charge in [0, 0.05) is 11.3 Å². The molecular formula is C19H23BrN2O5S. The summed E-state index contributed by atoms with van der Waals surface area (Å²) >= 11 is 3.41. The van der Waals surface area contributed by atoms with Gasteiger partial charge in [-0.15, -0.1) is 0 Å². The lowest BCUT2D eigenvalue weighted by atomic mass is 10.1. The molecule has 0 aliphatic rings. The van der Waals surface area contributed by atoms with E-state index in [9.17, 15) is 13.2 Å². The van der Waals surface area contributed by atoms with E-state index in [1.165, 1.54) is 19.2 Å². The maximum Gasteiger partial charge on any atom is 0.255 e. The number of ether oxygens (including phenoxy) is 2. The van der Waals surface area contributed by atoms with Crippen molar-refractivity contribution in [3.05, 3.63) is 45.4 Å². The highest BCUT2D eigenvalue weighted by Crippen LogP contribution is 2.37. The second-order valence-corrected chi connectivity index (χ2v) is 8.67. The minimum Gasteiger partial charge on any atom is -0.493 e. The van der Waals surface area contributed by atoms with Gasteiger partial charge >= 0.3 is 0 Å². The first-order valence-electron chi connectivity index (χ1n) is 8.54. The van der Waals surface area contributed by atoms with Crippen molar-refractivity contribution in [2.45, 2.75) is 32.1 Å². The zero-order chi connectivity index (χ0) is 21.1. The van der Waals surface area contributed by atoms with Crippen LogP contribution in [-0.4, -0.2) is 28.0 Å². The Morgan fingerprint density at radius 2 is 1.89 bits per heavy atom. The highest BCUT2D eigenvalue weighted by atomic mass is 79.9. The van der Waals surface area contributed by atoms with Crippen LogP contribution in [0.5, 0.6) is 11.5 Å². The maximum atomic E-state index is 12.8. The number of carbonyl (C=O) groups is 1. The predicted octanol–water partition coefficient (Wildman–Crippen LogP) is 3.76. The second-order valence-electron chi connectivity index (χ2n) is 6.25. The van der Waals surface area contributed by atoms with Crippen LogP contribution in [0, 0.1) is 13.8 Å². The monoisotopic (exact) mass is 470 g/mol. The van der Waals surface area contributed by atoms with E-state index in [1.807, 2.05) is 6.92 Å². The highest BCUT2D eigenvalue weighted by molar-refractivity contribution is 9.10. The molecule has 0 bridgehead atoms. The Bertz CT molecular complexity index is 1010. The molecular weight excluding hydrogens is 448 g/mol. The molecule has 2 rings (SSSR count). The molecule has 0 atom stereocenters. The molecule has 0 heterocycles. The fourth-order valence-electron chi connectivity index (χ4n) is 2.51. The van der Waals surface area contributed by atoms with Gasteiger partial charge in [-0.1, -0.05) is 6.92 Å². The van der Waals surface area contributed by atoms with Gasteiger partial charge in [-0.2, -0.15) is 0 Å². The molecule has 28 heavy (non-hydrogen) atoms. The van der Waals surface area contributed by atoms with Crippen LogP contribution in [0.4, 0.5) is 5.69 Å². The van der Waals surface area contributed by atoms with Crippen molar-refractivity contribution in [1.82, 2.24) is 0 Å². The van der Waals surface area contributed by atoms with Gasteiger partial charge in [0.1, 0.15) is 0 Å². The summed E-state index contributed by atoms with van der Waals surface area (Å²) in [6.07, 6.45) is 0.830. The lowest BCUT2D eigenvalue weighted by Crippen LogP contribution is -2.16. The number of primary sulfonamides is 1. The number of nitrogens with two attached hydrogens (primary N) is 1. The van der Waals surface area contributed by atoms with Crippen LogP contribution in [0.3, 0.4) is 0 Å². The first-order valence-corrected chi connectivity index (χ1v) is 10.9. The summed E-state index contributed by atoms with van der Waals surface area (Å²) in [5, 5.41) is 7.97. The summed E-state index contributed by atoms with van der Waals surface area (Å²) < 4.78 is 35.0. The first kappa shape index (κ1) is 22.2. The van der Waals surface area contributed by atoms with Crippen molar-refractivity contribution in [3.63, 3.8) is 0 Å². The smallest absolute Gasteiger partial charge is 0.255 e. The average molecular weight is 471 g/mol. The Morgan fingerprint density at radius 3 is 2.46 bits per heavy atom. The van der Waals surface area contributed by atoms with Gasteiger partial charge in [-0.3, -0.25) is 4.79 Å². The van der Waals surface area contributed by atoms with E-state index in [0.717, 1.165) is 12.0 Å². The lowest BCUT2D eigenvalue weighted by molar-refractivity contribution is 0.102. The van der Waals surface area contributed by atoms with Gasteiger partial charge in [0.05, 0.1) is 23.1 Å². The minimum absolute atomic E-state index is 0.0621. The standard InChI is InChI=1S/C19H23BrN2O5S/c1-5-6-27-18-15(20)8-13(9-17(18)26-4)19(23)22-16-10-14(28(21,24)25)7-11(2)12(16)3/h7-10H,5-6H2,1-4H3,(H,22,23)(H2,21,24,25). The van der Waals surface area contributed by atoms with E-state index in [2.05, 4.69) is 21.2 Å². The molecule has 2 aromatic carbocycles. The van der Waals surface area contributed by atoms with Crippen molar-refractivity contribution in [3.8, 4) is 11.5 Å². The second kappa shape index (κ2) is 8.93. The topological polar surface area (TPSA) is 108 Å². The molecule has 0 spiro atoms. The average Bonchev–Trinajstić information content (AvgIpc) is 2.62. The third-order valence-corrected chi connectivity index (χ3v) is 5.64. The molecule has 2 aromatic rings. The Morgan fingerprint density at radius 1 is 1.21 bits per heavy atom. The third-order valence-electron chi connectivity index (χ3n) is 4.16. The van der Waals surface area contributed by atoms with Crippen molar-refractivity contribution >= 4 is 37.5 Å². The van der Waals surface area contributed by atoms with Gasteiger partial charge in [0.15, 0.2) is 11.5 Å². The van der Waals surface area contributed by atoms with Crippen LogP contribution < -0.4 is 19.9 Å². The van der Waals surface area contributed by atoms with E-state index in [-0.39, 0.29) is 4.90 Å². The number of aryl methyl sites for hydroxylation is 1. The molecule has 0 aromatic heterocycles. The lowest BCUT2D eigenvalue weighted by Gasteiger charge is -2.15. The van der Waals surface area contributed by atoms with Crippen LogP contribution >= 0.6 is 15.9 Å². The fraction of sp³-hybridized carbons (Fsp3) is 0.316. The summed E-state index contributed by atoms with van der Waals surface area (Å²) in [5.74, 6) is 0.512. The van der Waals surface area contributed by atoms with Crippen molar-refractivity contribution < 1.29 is 22.7 Å². The molecule has 0 saturated heterocycles. The van der Waals surface area contributed by atoms with Crippen LogP contribution in [-0.2, 0) is 10.0 Å². The Balaban J connectivity index is 2.40. The molecule has 152 valence electrons. The number of anilines is 1. The van der Waals surface area contributed by atoms with Crippen molar-refractivity contribution in [2.24, 2.45) is 5.14 Å². The van der Waals surface area contributed by atoms with Crippen molar-refractivity contribution in [2.75, 3.05) is 19.0 Å². The summed E-state index contributed by atoms with van der Waals surface area (Å²) in [4.78, 5) is 12.7. The van der Waals surface area contributed by atoms with E-state index < -0.39 is 15.9 Å². The van der Waals surface area contributed by atoms with E-state index >= 15 is 0 Å². The van der Waals surface area contributed by atoms with Gasteiger partial charge < -0.3 is 14.8 Å². The van der Waals surface area contributed by atoms with Crippen LogP contribution in [0.2, 0.25) is 0 Å². The quantitative estimate of drug-likeness (QED) is 0.640. The third kappa shape index (κ3) is 5.03. The van der Waals surface area contributed by atoms with E-state index in [0.29, 0.717) is 39.4 Å². The molecule has 0 saturated carbocycles. The maximum absolute atomic E-state index is 12.8. The van der Waals surface area contributed by atoms with Gasteiger partial charge in [-0.25, -0.2) is 13.6 Å². The zero-order valence-electron chi connectivity index (χ0n) is 16.1. The Kier molecular flexibility index (Phi) is 7.08. The normalized spacial score (nSPS) is 11.2. The Hall–Kier alpha value is -2.10. The SMILES string of the molecule is CCCOc1c(Br)cc(C(=O)Nc2cc(S(N)(=O)=O)cc(C)c2C)cc1OC. The van der Waals surface area contributed by atoms with Crippen LogP contribution in [0.15, 0.2) is 33.6 Å². The molecule has 3 N–H and O–H groups in total. The molecule has 0 fully saturated rings. The number of sulfonamides is 1. The Labute approximate surface area is 173 Å². The number of rotatable bonds is 7. The van der Waals surface area contributed by atoms with Crippen molar-refractivity contribution in [1.29, 1.82) is 0 Å². The predicted molar refractivity (Wildman–Crippen MR) is 112 cm³/mol. The number of methoxy groups -OCH3 is 1. The molecule has 1 amide bonds. The fourth-order valence-corrected chi connectivity index (χ4v) is 3.69. The van der Waals surface area contributed by atoms with Gasteiger partial charge in [0.25, 0.3) is 5.91 Å². The highest BCUT2D eigenvalue weighted by Gasteiger charge is 2.18. The first-order chi connectivity index (χ1) is 13.1. The van der Waals surface area contributed by atoms with Crippen LogP contribution in [0.1, 0.15) is 34.8 Å². The summed E-state index contributed by atoms with van der Waals surface area (Å²) in [5.41, 5.74) is 2.14. The number of halogens is 1. The number of nitrogens with one attached hydrogen (secondary N) is 1. The van der Waals surface area contributed by atoms with E-state index in [4.69, 9.17) is 14.6 Å². The summed E-state index contributed by atoms with van der Waals surface area (Å²) in [6.45, 7) is 6.04. The number of amides is 1. The molecule has 7 nitrogen and oxygen atoms in total. The van der Waals surface area contributed by atoms with Gasteiger partial charge in [-0.05, 0) is 71.6 Å². The number of carbonyl (C=O) groups excluding carboxylic acids is 1. The zero-order valence-corrected chi connectivity index (χ0v) is 18.5. The number of hydrogen-bond acceptors (Lipinski definition) is 5. The molecule has 0 aliphatic carbocycles. The molecule has 0 radical (unpaired) electrons. The number of benzene rings is 2. The minimum atomic E-state index is -3.89. The van der Waals surface area contributed by atoms with Gasteiger partial charge in [0.2, 0.25) is 10.0 Å². The van der Waals surface area contributed by atoms with Crippen LogP contribution in [0.25, 0.3) is 0 Å². The largest absolute Gasteiger partial charge is 0.493 e. The summed E-state index contributed by atoms with van der Waals surface area (Å²) in [6, 6.07) is 6.01. The summed E-state index contributed by atoms with van der Waals surface area (Å²) in [7, 11) is -2.40. The van der Waals surface area contributed by atoms with E-state index in [1.54, 1.807) is 26.0 Å². The number of hydrogen-bond donors (Lipinski definition) is 2. The molecule has 9 heteroatoms.